The van der Waals surface area contributed by atoms with Crippen molar-refractivity contribution in [3.05, 3.63) is 182 Å². The van der Waals surface area contributed by atoms with Gasteiger partial charge in [-0.25, -0.2) is 0 Å². The van der Waals surface area contributed by atoms with E-state index in [2.05, 4.69) is 202 Å². The third-order valence-electron chi connectivity index (χ3n) is 12.0. The van der Waals surface area contributed by atoms with Crippen molar-refractivity contribution in [2.24, 2.45) is 0 Å². The molecule has 248 valence electrons. The Morgan fingerprint density at radius 2 is 0.547 bits per heavy atom. The van der Waals surface area contributed by atoms with Gasteiger partial charge in [0.25, 0.3) is 0 Å². The van der Waals surface area contributed by atoms with E-state index in [-0.39, 0.29) is 0 Å². The van der Waals surface area contributed by atoms with Crippen LogP contribution in [0.25, 0.3) is 32.3 Å². The van der Waals surface area contributed by atoms with Gasteiger partial charge in [0, 0.05) is 0 Å². The van der Waals surface area contributed by atoms with Crippen LogP contribution < -0.4 is 25.4 Å². The molecule has 0 aromatic heterocycles. The zero-order valence-corrected chi connectivity index (χ0v) is 32.0. The Hall–Kier alpha value is -6.04. The van der Waals surface area contributed by atoms with Crippen molar-refractivity contribution in [1.29, 1.82) is 0 Å². The molecule has 0 aliphatic carbocycles. The first-order chi connectivity index (χ1) is 26.2. The molecule has 0 fully saturated rings. The van der Waals surface area contributed by atoms with Crippen molar-refractivity contribution in [2.75, 3.05) is 14.7 Å². The van der Waals surface area contributed by atoms with Gasteiger partial charge in [-0.15, -0.1) is 0 Å². The van der Waals surface area contributed by atoms with Crippen LogP contribution in [0, 0.1) is 0 Å². The van der Waals surface area contributed by atoms with Crippen molar-refractivity contribution in [3.63, 3.8) is 0 Å². The van der Waals surface area contributed by atoms with Crippen LogP contribution in [-0.4, -0.2) is 18.4 Å². The summed E-state index contributed by atoms with van der Waals surface area (Å²) in [6.07, 6.45) is 0. The van der Waals surface area contributed by atoms with E-state index in [9.17, 15) is 0 Å². The van der Waals surface area contributed by atoms with Gasteiger partial charge < -0.3 is 0 Å². The van der Waals surface area contributed by atoms with Crippen LogP contribution in [0.2, 0.25) is 4.94 Å². The summed E-state index contributed by atoms with van der Waals surface area (Å²) >= 11 is -3.74. The number of hydrogen-bond acceptors (Lipinski definition) is 3. The molecule has 0 radical (unpaired) electrons. The number of benzene rings is 9. The van der Waals surface area contributed by atoms with Crippen LogP contribution in [0.5, 0.6) is 0 Å². The van der Waals surface area contributed by atoms with Gasteiger partial charge in [-0.3, -0.25) is 0 Å². The monoisotopic (exact) mass is 783 g/mol. The third kappa shape index (κ3) is 3.95. The number of fused-ring (bicyclic) bond motifs is 3. The van der Waals surface area contributed by atoms with E-state index in [1.165, 1.54) is 83.5 Å². The average molecular weight is 783 g/mol. The van der Waals surface area contributed by atoms with Crippen LogP contribution >= 0.6 is 0 Å². The SMILES string of the molecule is [CH3][Sn]12[c]3c4cccc3N(c3ccc5ccccc5c3)c3cccc([c]31)N(c1ccc3ccccc3c1)c1cccc([c]12)N4c1ccc2ccccc2c1. The second-order valence-corrected chi connectivity index (χ2v) is 25.4. The van der Waals surface area contributed by atoms with Crippen LogP contribution in [-0.2, 0) is 0 Å². The molecule has 0 amide bonds. The summed E-state index contributed by atoms with van der Waals surface area (Å²) in [5.74, 6) is 0. The molecule has 53 heavy (non-hydrogen) atoms. The number of rotatable bonds is 3. The summed E-state index contributed by atoms with van der Waals surface area (Å²) < 4.78 is 4.63. The number of hydrogen-bond donors (Lipinski definition) is 0. The van der Waals surface area contributed by atoms with Crippen LogP contribution in [0.15, 0.2) is 182 Å². The normalized spacial score (nSPS) is 14.5. The molecular formula is C49H33N3Sn. The standard InChI is InChI=1S/C48H30N3.CH3.Sn/c1-4-13-37-28-46(25-22-34(37)10-1)49-40-16-7-18-42(31-40)50(47-26-23-35-11-2-5-14-38(35)29-47)44-20-9-21-45(33-44)51(43-19-8-17-41(49)32-43)48-27-24-36-12-3-6-15-39(36)30-48;;/h1-30H;1H3;. The fourth-order valence-corrected chi connectivity index (χ4v) is 24.0. The summed E-state index contributed by atoms with van der Waals surface area (Å²) in [5, 5.41) is 7.52. The van der Waals surface area contributed by atoms with Crippen LogP contribution in [0.4, 0.5) is 51.2 Å². The van der Waals surface area contributed by atoms with Gasteiger partial charge in [0.2, 0.25) is 0 Å². The van der Waals surface area contributed by atoms with Gasteiger partial charge >= 0.3 is 314 Å². The molecule has 0 spiro atoms. The molecule has 9 aromatic carbocycles. The summed E-state index contributed by atoms with van der Waals surface area (Å²) in [7, 11) is 0. The van der Waals surface area contributed by atoms with E-state index in [1.54, 1.807) is 10.7 Å². The summed E-state index contributed by atoms with van der Waals surface area (Å²) in [6, 6.07) is 68.2. The quantitative estimate of drug-likeness (QED) is 0.165. The van der Waals surface area contributed by atoms with Gasteiger partial charge in [-0.2, -0.15) is 0 Å². The molecule has 3 heterocycles. The average Bonchev–Trinajstić information content (AvgIpc) is 3.21. The van der Waals surface area contributed by atoms with Crippen molar-refractivity contribution in [2.45, 2.75) is 4.94 Å². The predicted octanol–water partition coefficient (Wildman–Crippen LogP) is 11.6. The molecular weight excluding hydrogens is 749 g/mol. The number of anilines is 9. The molecule has 0 atom stereocenters. The maximum atomic E-state index is 2.69. The number of nitrogens with zero attached hydrogens (tertiary/aromatic N) is 3. The second kappa shape index (κ2) is 10.8. The zero-order valence-electron chi connectivity index (χ0n) is 29.2. The Labute approximate surface area is 312 Å². The molecule has 0 unspecified atom stereocenters. The summed E-state index contributed by atoms with van der Waals surface area (Å²) in [6.45, 7) is 0. The van der Waals surface area contributed by atoms with E-state index in [1.807, 2.05) is 0 Å². The molecule has 0 saturated heterocycles. The molecule has 9 aromatic rings. The fraction of sp³-hybridized carbons (Fsp3) is 0.0204. The first-order valence-corrected chi connectivity index (χ1v) is 25.6. The van der Waals surface area contributed by atoms with Crippen LogP contribution in [0.1, 0.15) is 0 Å². The molecule has 3 aliphatic rings. The Bertz CT molecular complexity index is 2630. The minimum absolute atomic E-state index is 1.19. The molecule has 3 aliphatic heterocycles. The van der Waals surface area contributed by atoms with Crippen molar-refractivity contribution in [3.8, 4) is 0 Å². The van der Waals surface area contributed by atoms with Crippen molar-refractivity contribution < 1.29 is 0 Å². The van der Waals surface area contributed by atoms with Gasteiger partial charge in [0.1, 0.15) is 0 Å². The first kappa shape index (κ1) is 29.5. The Morgan fingerprint density at radius 1 is 0.283 bits per heavy atom. The first-order valence-electron chi connectivity index (χ1n) is 18.4. The van der Waals surface area contributed by atoms with Gasteiger partial charge in [-0.05, 0) is 0 Å². The zero-order chi connectivity index (χ0) is 34.8. The molecule has 12 rings (SSSR count). The van der Waals surface area contributed by atoms with Crippen molar-refractivity contribution in [1.82, 2.24) is 0 Å². The minimum atomic E-state index is -3.74. The predicted molar refractivity (Wildman–Crippen MR) is 227 cm³/mol. The third-order valence-corrected chi connectivity index (χ3v) is 24.9. The Kier molecular flexibility index (Phi) is 5.99. The Balaban J connectivity index is 1.21. The van der Waals surface area contributed by atoms with E-state index >= 15 is 0 Å². The van der Waals surface area contributed by atoms with E-state index in [0.717, 1.165) is 0 Å². The van der Waals surface area contributed by atoms with Crippen molar-refractivity contribution >= 4 is 113 Å². The topological polar surface area (TPSA) is 9.72 Å². The molecule has 0 N–H and O–H groups in total. The van der Waals surface area contributed by atoms with E-state index in [4.69, 9.17) is 0 Å². The maximum absolute atomic E-state index is 3.74. The Morgan fingerprint density at radius 3 is 0.830 bits per heavy atom. The summed E-state index contributed by atoms with van der Waals surface area (Å²) in [5.41, 5.74) is 11.4. The van der Waals surface area contributed by atoms with E-state index < -0.39 is 18.4 Å². The fourth-order valence-electron chi connectivity index (χ4n) is 9.79. The van der Waals surface area contributed by atoms with Crippen LogP contribution in [0.3, 0.4) is 0 Å². The summed E-state index contributed by atoms with van der Waals surface area (Å²) in [4.78, 5) is 10.4. The molecule has 0 bridgehead atoms. The van der Waals surface area contributed by atoms with E-state index in [0.29, 0.717) is 0 Å². The van der Waals surface area contributed by atoms with Gasteiger partial charge in [0.15, 0.2) is 0 Å². The second-order valence-electron chi connectivity index (χ2n) is 14.7. The molecule has 4 heteroatoms. The molecule has 3 nitrogen and oxygen atoms in total. The van der Waals surface area contributed by atoms with Gasteiger partial charge in [0.05, 0.1) is 0 Å². The molecule has 0 saturated carbocycles. The van der Waals surface area contributed by atoms with Gasteiger partial charge in [-0.1, -0.05) is 0 Å².